The molecule has 1 aromatic heterocycles. The average Bonchev–Trinajstić information content (AvgIpc) is 3.09. The van der Waals surface area contributed by atoms with Crippen LogP contribution in [0.15, 0.2) is 46.2 Å². The molecule has 0 radical (unpaired) electrons. The van der Waals surface area contributed by atoms with Gasteiger partial charge in [-0.25, -0.2) is 0 Å². The maximum atomic E-state index is 11.8. The number of thiazole rings is 1. The van der Waals surface area contributed by atoms with Crippen LogP contribution in [0.25, 0.3) is 0 Å². The number of rotatable bonds is 5. The first-order valence-corrected chi connectivity index (χ1v) is 11.5. The Hall–Kier alpha value is -1.24. The van der Waals surface area contributed by atoms with Gasteiger partial charge in [0.15, 0.2) is 4.21 Å². The quantitative estimate of drug-likeness (QED) is 0.244. The molecule has 0 aliphatic rings. The fourth-order valence-corrected chi connectivity index (χ4v) is 4.48. The molecule has 10 nitrogen and oxygen atoms in total. The Morgan fingerprint density at radius 3 is 2.28 bits per heavy atom. The van der Waals surface area contributed by atoms with Crippen molar-refractivity contribution in [1.82, 2.24) is 10.5 Å². The molecule has 2 rings (SSSR count). The van der Waals surface area contributed by atoms with Crippen molar-refractivity contribution in [3.63, 3.8) is 0 Å². The molecule has 140 valence electrons. The summed E-state index contributed by atoms with van der Waals surface area (Å²) in [5.41, 5.74) is 3.21. The molecule has 3 N–H and O–H groups in total. The van der Waals surface area contributed by atoms with E-state index in [1.165, 1.54) is 24.6 Å². The van der Waals surface area contributed by atoms with Crippen molar-refractivity contribution in [3.05, 3.63) is 42.0 Å². The monoisotopic (exact) mass is 476 g/mol. The fourth-order valence-electron chi connectivity index (χ4n) is 1.18. The minimum atomic E-state index is -4.55. The Kier molecular flexibility index (Phi) is 10.2. The number of nitrogens with zero attached hydrogens (tertiary/aromatic N) is 1. The van der Waals surface area contributed by atoms with E-state index in [-0.39, 0.29) is 21.0 Å². The van der Waals surface area contributed by atoms with E-state index < -0.39 is 30.2 Å². The Morgan fingerprint density at radius 2 is 1.92 bits per heavy atom. The van der Waals surface area contributed by atoms with Crippen LogP contribution in [0, 0.1) is 0 Å². The number of hydroxylamine groups is 1. The van der Waals surface area contributed by atoms with E-state index in [1.54, 1.807) is 18.2 Å². The summed E-state index contributed by atoms with van der Waals surface area (Å²) in [5.74, 6) is -0.537. The van der Waals surface area contributed by atoms with Crippen LogP contribution in [-0.4, -0.2) is 43.3 Å². The van der Waals surface area contributed by atoms with Gasteiger partial charge in [-0.05, 0) is 0 Å². The van der Waals surface area contributed by atoms with Crippen molar-refractivity contribution in [1.29, 1.82) is 0 Å². The van der Waals surface area contributed by atoms with E-state index in [9.17, 15) is 17.0 Å². The normalized spacial score (nSPS) is 12.8. The SMILES string of the molecule is CC(=O)NO[As](=O)(OO)c1ccccc1.Cl.O=S(=O)(O)c1cncs1. The Labute approximate surface area is 156 Å². The van der Waals surface area contributed by atoms with E-state index in [4.69, 9.17) is 9.81 Å². The molecular formula is C11H14AsClN2O8S2. The van der Waals surface area contributed by atoms with Crippen LogP contribution in [0.4, 0.5) is 0 Å². The van der Waals surface area contributed by atoms with Crippen molar-refractivity contribution in [3.8, 4) is 0 Å². The summed E-state index contributed by atoms with van der Waals surface area (Å²) in [6, 6.07) is 7.87. The molecular weight excluding hydrogens is 463 g/mol. The second-order valence-corrected chi connectivity index (χ2v) is 10.4. The molecule has 0 bridgehead atoms. The van der Waals surface area contributed by atoms with Crippen molar-refractivity contribution < 1.29 is 34.5 Å². The summed E-state index contributed by atoms with van der Waals surface area (Å²) in [6.45, 7) is 1.18. The van der Waals surface area contributed by atoms with Crippen LogP contribution in [0.3, 0.4) is 0 Å². The summed E-state index contributed by atoms with van der Waals surface area (Å²) in [5, 5.41) is 8.54. The fraction of sp³-hybridized carbons (Fsp3) is 0.0909. The molecule has 0 spiro atoms. The predicted octanol–water partition coefficient (Wildman–Crippen LogP) is 0.632. The molecule has 0 aliphatic carbocycles. The number of benzene rings is 1. The summed E-state index contributed by atoms with van der Waals surface area (Å²) in [6.07, 6.45) is 1.10. The van der Waals surface area contributed by atoms with Crippen molar-refractivity contribution >= 4 is 58.3 Å². The third-order valence-corrected chi connectivity index (χ3v) is 7.35. The zero-order valence-electron chi connectivity index (χ0n) is 12.5. The number of hydrogen-bond acceptors (Lipinski definition) is 9. The van der Waals surface area contributed by atoms with Gasteiger partial charge in [-0.15, -0.1) is 23.7 Å². The van der Waals surface area contributed by atoms with Crippen LogP contribution in [0.1, 0.15) is 6.92 Å². The van der Waals surface area contributed by atoms with Gasteiger partial charge in [0.1, 0.15) is 0 Å². The van der Waals surface area contributed by atoms with Gasteiger partial charge in [0.25, 0.3) is 0 Å². The number of amides is 1. The molecule has 1 heterocycles. The molecule has 1 atom stereocenters. The first-order chi connectivity index (χ1) is 11.2. The molecule has 0 fully saturated rings. The van der Waals surface area contributed by atoms with E-state index in [1.807, 2.05) is 5.48 Å². The van der Waals surface area contributed by atoms with Crippen molar-refractivity contribution in [2.45, 2.75) is 11.1 Å². The smallest absolute Gasteiger partial charge is 0.281 e. The van der Waals surface area contributed by atoms with Crippen LogP contribution in [0.2, 0.25) is 0 Å². The minimum absolute atomic E-state index is 0. The van der Waals surface area contributed by atoms with E-state index >= 15 is 0 Å². The maximum absolute atomic E-state index is 11.8. The van der Waals surface area contributed by atoms with Gasteiger partial charge in [0.05, 0.1) is 11.7 Å². The largest absolute Gasteiger partial charge is 0.305 e. The van der Waals surface area contributed by atoms with E-state index in [2.05, 4.69) is 12.7 Å². The van der Waals surface area contributed by atoms with Gasteiger partial charge in [-0.1, -0.05) is 0 Å². The number of aromatic nitrogens is 1. The summed E-state index contributed by atoms with van der Waals surface area (Å²) in [7, 11) is -4.00. The number of nitrogens with one attached hydrogen (secondary N) is 1. The molecule has 1 unspecified atom stereocenters. The standard InChI is InChI=1S/C8H10AsNO5.C3H3NO3S2.ClH/c1-7(11)10-14-9(12,15-13)8-5-3-2-4-6-8;5-9(6,7)3-1-4-2-8-3;/h2-6,13H,1H3,(H,10,11);1-2H,(H,5,6,7);1H. The summed E-state index contributed by atoms with van der Waals surface area (Å²) < 4.78 is 49.1. The number of carbonyl (C=O) groups excluding carboxylic acids is 1. The molecule has 0 saturated heterocycles. The Bertz CT molecular complexity index is 801. The van der Waals surface area contributed by atoms with Crippen molar-refractivity contribution in [2.24, 2.45) is 0 Å². The number of hydrogen-bond donors (Lipinski definition) is 3. The third-order valence-electron chi connectivity index (χ3n) is 2.15. The second kappa shape index (κ2) is 10.7. The van der Waals surface area contributed by atoms with Crippen LogP contribution in [0.5, 0.6) is 0 Å². The summed E-state index contributed by atoms with van der Waals surface area (Å²) >= 11 is -3.67. The van der Waals surface area contributed by atoms with Gasteiger partial charge in [-0.3, -0.25) is 9.54 Å². The first kappa shape index (κ1) is 23.8. The first-order valence-electron chi connectivity index (χ1n) is 5.99. The predicted molar refractivity (Wildman–Crippen MR) is 90.3 cm³/mol. The topological polar surface area (TPSA) is 152 Å². The van der Waals surface area contributed by atoms with Crippen molar-refractivity contribution in [2.75, 3.05) is 0 Å². The van der Waals surface area contributed by atoms with Crippen LogP contribution in [-0.2, 0) is 26.4 Å². The number of carbonyl (C=O) groups is 1. The maximum Gasteiger partial charge on any atom is 0.305 e. The molecule has 1 aromatic carbocycles. The van der Waals surface area contributed by atoms with Gasteiger partial charge in [0.2, 0.25) is 0 Å². The van der Waals surface area contributed by atoms with E-state index in [0.717, 1.165) is 17.5 Å². The van der Waals surface area contributed by atoms with Gasteiger partial charge < -0.3 is 0 Å². The van der Waals surface area contributed by atoms with Gasteiger partial charge in [0, 0.05) is 0 Å². The van der Waals surface area contributed by atoms with Crippen LogP contribution >= 0.6 is 23.7 Å². The molecule has 0 saturated carbocycles. The zero-order valence-corrected chi connectivity index (χ0v) is 16.8. The van der Waals surface area contributed by atoms with E-state index in [0.29, 0.717) is 0 Å². The second-order valence-electron chi connectivity index (χ2n) is 3.96. The molecule has 2 aromatic rings. The van der Waals surface area contributed by atoms with Gasteiger partial charge >= 0.3 is 98.8 Å². The molecule has 1 amide bonds. The minimum Gasteiger partial charge on any atom is -0.281 e. The third kappa shape index (κ3) is 8.12. The van der Waals surface area contributed by atoms with Gasteiger partial charge in [-0.2, -0.15) is 8.42 Å². The zero-order chi connectivity index (χ0) is 18.2. The average molecular weight is 477 g/mol. The molecule has 14 heteroatoms. The molecule has 25 heavy (non-hydrogen) atoms. The summed E-state index contributed by atoms with van der Waals surface area (Å²) in [4.78, 5) is 14.0. The molecule has 0 aliphatic heterocycles. The van der Waals surface area contributed by atoms with Crippen LogP contribution < -0.4 is 9.83 Å². The Balaban J connectivity index is 0.000000495. The number of halogens is 1. The Morgan fingerprint density at radius 1 is 1.32 bits per heavy atom.